The molecular weight excluding hydrogens is 298 g/mol. The summed E-state index contributed by atoms with van der Waals surface area (Å²) >= 11 is 0. The molecule has 22 heavy (non-hydrogen) atoms. The Hall–Kier alpha value is -1.37. The second-order valence-corrected chi connectivity index (χ2v) is 8.12. The molecule has 0 radical (unpaired) electrons. The van der Waals surface area contributed by atoms with E-state index in [1.165, 1.54) is 34.9 Å². The maximum absolute atomic E-state index is 11.7. The molecule has 6 heteroatoms. The van der Waals surface area contributed by atoms with Crippen LogP contribution in [0, 0.1) is 5.92 Å². The third kappa shape index (κ3) is 3.88. The molecule has 0 amide bonds. The average molecular weight is 323 g/mol. The molecule has 0 aliphatic carbocycles. The Bertz CT molecular complexity index is 733. The highest BCUT2D eigenvalue weighted by molar-refractivity contribution is 7.87. The van der Waals surface area contributed by atoms with E-state index in [1.54, 1.807) is 0 Å². The van der Waals surface area contributed by atoms with Gasteiger partial charge in [-0.1, -0.05) is 32.0 Å². The second kappa shape index (κ2) is 6.81. The van der Waals surface area contributed by atoms with Crippen LogP contribution in [-0.4, -0.2) is 37.9 Å². The summed E-state index contributed by atoms with van der Waals surface area (Å²) in [5.41, 5.74) is 2.39. The Morgan fingerprint density at radius 2 is 1.91 bits per heavy atom. The zero-order valence-corrected chi connectivity index (χ0v) is 14.5. The molecule has 0 aliphatic heterocycles. The summed E-state index contributed by atoms with van der Waals surface area (Å²) < 4.78 is 29.5. The van der Waals surface area contributed by atoms with Crippen molar-refractivity contribution in [2.24, 2.45) is 5.92 Å². The molecule has 5 nitrogen and oxygen atoms in total. The van der Waals surface area contributed by atoms with Crippen LogP contribution in [-0.2, 0) is 23.2 Å². The SMILES string of the molecule is CC(C)Cn1cc(CCNS(=O)(=O)N(C)C)c2ccccc21. The number of para-hydroxylation sites is 1. The molecule has 0 atom stereocenters. The molecule has 1 heterocycles. The average Bonchev–Trinajstić information content (AvgIpc) is 2.76. The number of benzene rings is 1. The van der Waals surface area contributed by atoms with Crippen LogP contribution in [0.1, 0.15) is 19.4 Å². The summed E-state index contributed by atoms with van der Waals surface area (Å²) in [5, 5.41) is 1.20. The molecule has 0 aliphatic rings. The van der Waals surface area contributed by atoms with Gasteiger partial charge in [0.1, 0.15) is 0 Å². The van der Waals surface area contributed by atoms with E-state index < -0.39 is 10.2 Å². The van der Waals surface area contributed by atoms with Gasteiger partial charge in [0.2, 0.25) is 0 Å². The zero-order valence-electron chi connectivity index (χ0n) is 13.7. The molecule has 0 spiro atoms. The van der Waals surface area contributed by atoms with E-state index in [1.807, 2.05) is 12.1 Å². The first-order valence-electron chi connectivity index (χ1n) is 7.55. The van der Waals surface area contributed by atoms with Crippen molar-refractivity contribution in [2.75, 3.05) is 20.6 Å². The van der Waals surface area contributed by atoms with Crippen LogP contribution in [0.4, 0.5) is 0 Å². The fourth-order valence-corrected chi connectivity index (χ4v) is 3.13. The molecule has 0 bridgehead atoms. The predicted octanol–water partition coefficient (Wildman–Crippen LogP) is 2.24. The van der Waals surface area contributed by atoms with Crippen molar-refractivity contribution >= 4 is 21.1 Å². The van der Waals surface area contributed by atoms with E-state index in [0.717, 1.165) is 6.54 Å². The number of hydrogen-bond donors (Lipinski definition) is 1. The lowest BCUT2D eigenvalue weighted by atomic mass is 10.1. The van der Waals surface area contributed by atoms with Crippen LogP contribution >= 0.6 is 0 Å². The summed E-state index contributed by atoms with van der Waals surface area (Å²) in [6.45, 7) is 5.75. The molecule has 1 aromatic carbocycles. The van der Waals surface area contributed by atoms with Gasteiger partial charge in [-0.05, 0) is 24.0 Å². The molecule has 0 saturated carbocycles. The lowest BCUT2D eigenvalue weighted by molar-refractivity contribution is 0.506. The summed E-state index contributed by atoms with van der Waals surface area (Å²) in [4.78, 5) is 0. The number of rotatable bonds is 7. The Balaban J connectivity index is 2.18. The van der Waals surface area contributed by atoms with Gasteiger partial charge in [-0.3, -0.25) is 0 Å². The maximum atomic E-state index is 11.7. The largest absolute Gasteiger partial charge is 0.347 e. The van der Waals surface area contributed by atoms with E-state index >= 15 is 0 Å². The maximum Gasteiger partial charge on any atom is 0.278 e. The number of nitrogens with one attached hydrogen (secondary N) is 1. The van der Waals surface area contributed by atoms with Crippen LogP contribution in [0.3, 0.4) is 0 Å². The van der Waals surface area contributed by atoms with E-state index in [0.29, 0.717) is 18.9 Å². The first kappa shape index (κ1) is 17.0. The fraction of sp³-hybridized carbons (Fsp3) is 0.500. The third-order valence-corrected chi connectivity index (χ3v) is 5.12. The lowest BCUT2D eigenvalue weighted by Gasteiger charge is -2.11. The quantitative estimate of drug-likeness (QED) is 0.849. The minimum Gasteiger partial charge on any atom is -0.347 e. The Morgan fingerprint density at radius 1 is 1.23 bits per heavy atom. The highest BCUT2D eigenvalue weighted by Gasteiger charge is 2.13. The smallest absolute Gasteiger partial charge is 0.278 e. The van der Waals surface area contributed by atoms with Gasteiger partial charge in [0.25, 0.3) is 10.2 Å². The molecular formula is C16H25N3O2S. The number of fused-ring (bicyclic) bond motifs is 1. The minimum atomic E-state index is -3.36. The number of nitrogens with zero attached hydrogens (tertiary/aromatic N) is 2. The van der Waals surface area contributed by atoms with Gasteiger partial charge in [0, 0.05) is 44.3 Å². The summed E-state index contributed by atoms with van der Waals surface area (Å²) in [6.07, 6.45) is 2.83. The van der Waals surface area contributed by atoms with Gasteiger partial charge in [-0.15, -0.1) is 0 Å². The second-order valence-electron chi connectivity index (χ2n) is 6.15. The van der Waals surface area contributed by atoms with Crippen molar-refractivity contribution in [3.63, 3.8) is 0 Å². The molecule has 0 unspecified atom stereocenters. The van der Waals surface area contributed by atoms with Crippen LogP contribution in [0.25, 0.3) is 10.9 Å². The minimum absolute atomic E-state index is 0.399. The van der Waals surface area contributed by atoms with Crippen molar-refractivity contribution < 1.29 is 8.42 Å². The highest BCUT2D eigenvalue weighted by atomic mass is 32.2. The number of aromatic nitrogens is 1. The molecule has 2 rings (SSSR count). The fourth-order valence-electron chi connectivity index (χ4n) is 2.51. The van der Waals surface area contributed by atoms with Gasteiger partial charge >= 0.3 is 0 Å². The van der Waals surface area contributed by atoms with Gasteiger partial charge in [-0.2, -0.15) is 12.7 Å². The normalized spacial score (nSPS) is 12.6. The van der Waals surface area contributed by atoms with Gasteiger partial charge in [0.05, 0.1) is 0 Å². The molecule has 122 valence electrons. The van der Waals surface area contributed by atoms with Crippen LogP contribution < -0.4 is 4.72 Å². The first-order valence-corrected chi connectivity index (χ1v) is 8.99. The summed E-state index contributed by atoms with van der Waals surface area (Å²) in [7, 11) is -0.308. The molecule has 0 saturated heterocycles. The van der Waals surface area contributed by atoms with Crippen molar-refractivity contribution in [1.29, 1.82) is 0 Å². The van der Waals surface area contributed by atoms with E-state index in [4.69, 9.17) is 0 Å². The highest BCUT2D eigenvalue weighted by Crippen LogP contribution is 2.22. The Morgan fingerprint density at radius 3 is 2.55 bits per heavy atom. The monoisotopic (exact) mass is 323 g/mol. The van der Waals surface area contributed by atoms with E-state index in [2.05, 4.69) is 41.5 Å². The number of hydrogen-bond acceptors (Lipinski definition) is 2. The molecule has 1 N–H and O–H groups in total. The lowest BCUT2D eigenvalue weighted by Crippen LogP contribution is -2.36. The van der Waals surface area contributed by atoms with Crippen LogP contribution in [0.15, 0.2) is 30.5 Å². The molecule has 1 aromatic heterocycles. The Labute approximate surface area is 133 Å². The molecule has 2 aromatic rings. The summed E-state index contributed by atoms with van der Waals surface area (Å²) in [5.74, 6) is 0.566. The first-order chi connectivity index (χ1) is 10.3. The van der Waals surface area contributed by atoms with E-state index in [9.17, 15) is 8.42 Å². The standard InChI is InChI=1S/C16H25N3O2S/c1-13(2)11-19-12-14(15-7-5-6-8-16(15)19)9-10-17-22(20,21)18(3)4/h5-8,12-13,17H,9-11H2,1-4H3. The third-order valence-electron chi connectivity index (χ3n) is 3.59. The zero-order chi connectivity index (χ0) is 16.3. The van der Waals surface area contributed by atoms with Crippen molar-refractivity contribution in [2.45, 2.75) is 26.8 Å². The molecule has 0 fully saturated rings. The van der Waals surface area contributed by atoms with Crippen molar-refractivity contribution in [3.05, 3.63) is 36.0 Å². The predicted molar refractivity (Wildman–Crippen MR) is 91.1 cm³/mol. The van der Waals surface area contributed by atoms with Crippen molar-refractivity contribution in [1.82, 2.24) is 13.6 Å². The summed E-state index contributed by atoms with van der Waals surface area (Å²) in [6, 6.07) is 8.28. The van der Waals surface area contributed by atoms with Gasteiger partial charge < -0.3 is 4.57 Å². The van der Waals surface area contributed by atoms with Crippen LogP contribution in [0.5, 0.6) is 0 Å². The van der Waals surface area contributed by atoms with E-state index in [-0.39, 0.29) is 0 Å². The topological polar surface area (TPSA) is 54.3 Å². The van der Waals surface area contributed by atoms with Gasteiger partial charge in [0.15, 0.2) is 0 Å². The Kier molecular flexibility index (Phi) is 5.26. The van der Waals surface area contributed by atoms with Crippen LogP contribution in [0.2, 0.25) is 0 Å². The van der Waals surface area contributed by atoms with Gasteiger partial charge in [-0.25, -0.2) is 4.72 Å². The van der Waals surface area contributed by atoms with Crippen molar-refractivity contribution in [3.8, 4) is 0 Å².